The first-order valence-corrected chi connectivity index (χ1v) is 9.49. The SMILES string of the molecule is Cn1c(C(=O)N2CCNC(=O)[C@H]2Cc2ccccc2)ccc1-c1ccccc1. The molecule has 1 atom stereocenters. The summed E-state index contributed by atoms with van der Waals surface area (Å²) in [5.41, 5.74) is 3.66. The molecule has 1 aliphatic heterocycles. The summed E-state index contributed by atoms with van der Waals surface area (Å²) in [6, 6.07) is 23.1. The number of hydrogen-bond donors (Lipinski definition) is 1. The van der Waals surface area contributed by atoms with Crippen LogP contribution >= 0.6 is 0 Å². The summed E-state index contributed by atoms with van der Waals surface area (Å²) < 4.78 is 1.91. The summed E-state index contributed by atoms with van der Waals surface area (Å²) in [5, 5.41) is 2.89. The van der Waals surface area contributed by atoms with E-state index >= 15 is 0 Å². The summed E-state index contributed by atoms with van der Waals surface area (Å²) in [5.74, 6) is -0.207. The van der Waals surface area contributed by atoms with Crippen molar-refractivity contribution in [2.24, 2.45) is 7.05 Å². The zero-order valence-corrected chi connectivity index (χ0v) is 15.8. The minimum atomic E-state index is -0.501. The van der Waals surface area contributed by atoms with E-state index in [9.17, 15) is 9.59 Å². The van der Waals surface area contributed by atoms with Crippen molar-refractivity contribution >= 4 is 11.8 Å². The van der Waals surface area contributed by atoms with E-state index in [4.69, 9.17) is 0 Å². The summed E-state index contributed by atoms with van der Waals surface area (Å²) in [4.78, 5) is 27.6. The van der Waals surface area contributed by atoms with Gasteiger partial charge in [-0.3, -0.25) is 9.59 Å². The van der Waals surface area contributed by atoms with E-state index in [1.165, 1.54) is 0 Å². The molecule has 1 aromatic heterocycles. The highest BCUT2D eigenvalue weighted by molar-refractivity contribution is 5.98. The molecule has 1 N–H and O–H groups in total. The molecule has 0 bridgehead atoms. The number of carbonyl (C=O) groups is 2. The van der Waals surface area contributed by atoms with Gasteiger partial charge in [0.15, 0.2) is 0 Å². The average molecular weight is 373 g/mol. The standard InChI is InChI=1S/C23H23N3O2/c1-25-19(18-10-6-3-7-11-18)12-13-20(25)23(28)26-15-14-24-22(27)21(26)16-17-8-4-2-5-9-17/h2-13,21H,14-16H2,1H3,(H,24,27)/t21-/m1/s1. The van der Waals surface area contributed by atoms with Gasteiger partial charge in [-0.2, -0.15) is 0 Å². The van der Waals surface area contributed by atoms with E-state index in [1.54, 1.807) is 4.90 Å². The first kappa shape index (κ1) is 18.0. The molecule has 0 spiro atoms. The zero-order chi connectivity index (χ0) is 19.5. The van der Waals surface area contributed by atoms with Crippen LogP contribution in [0.15, 0.2) is 72.8 Å². The van der Waals surface area contributed by atoms with Crippen LogP contribution in [0.5, 0.6) is 0 Å². The van der Waals surface area contributed by atoms with Crippen LogP contribution in [0.2, 0.25) is 0 Å². The molecule has 2 aromatic carbocycles. The van der Waals surface area contributed by atoms with Gasteiger partial charge >= 0.3 is 0 Å². The third-order valence-electron chi connectivity index (χ3n) is 5.27. The van der Waals surface area contributed by atoms with E-state index in [2.05, 4.69) is 5.32 Å². The molecule has 5 nitrogen and oxygen atoms in total. The van der Waals surface area contributed by atoms with Crippen LogP contribution in [-0.2, 0) is 18.3 Å². The van der Waals surface area contributed by atoms with Gasteiger partial charge in [0.25, 0.3) is 5.91 Å². The maximum atomic E-state index is 13.3. The lowest BCUT2D eigenvalue weighted by molar-refractivity contribution is -0.127. The highest BCUT2D eigenvalue weighted by Gasteiger charge is 2.34. The van der Waals surface area contributed by atoms with E-state index in [1.807, 2.05) is 84.4 Å². The molecule has 0 saturated carbocycles. The molecule has 4 rings (SSSR count). The second-order valence-electron chi connectivity index (χ2n) is 7.02. The van der Waals surface area contributed by atoms with Crippen molar-refractivity contribution < 1.29 is 9.59 Å². The second-order valence-corrected chi connectivity index (χ2v) is 7.02. The molecular weight excluding hydrogens is 350 g/mol. The molecule has 2 amide bonds. The molecule has 0 aliphatic carbocycles. The predicted octanol–water partition coefficient (Wildman–Crippen LogP) is 2.88. The van der Waals surface area contributed by atoms with Gasteiger partial charge < -0.3 is 14.8 Å². The third kappa shape index (κ3) is 3.43. The number of rotatable bonds is 4. The molecule has 0 radical (unpaired) electrons. The fraction of sp³-hybridized carbons (Fsp3) is 0.217. The van der Waals surface area contributed by atoms with Crippen LogP contribution in [0.1, 0.15) is 16.1 Å². The molecule has 3 aromatic rings. The smallest absolute Gasteiger partial charge is 0.271 e. The highest BCUT2D eigenvalue weighted by atomic mass is 16.2. The lowest BCUT2D eigenvalue weighted by Gasteiger charge is -2.35. The zero-order valence-electron chi connectivity index (χ0n) is 15.8. The number of nitrogens with zero attached hydrogens (tertiary/aromatic N) is 2. The number of benzene rings is 2. The number of carbonyl (C=O) groups excluding carboxylic acids is 2. The minimum Gasteiger partial charge on any atom is -0.353 e. The van der Waals surface area contributed by atoms with Gasteiger partial charge in [0.1, 0.15) is 11.7 Å². The Kier molecular flexibility index (Phi) is 4.98. The maximum absolute atomic E-state index is 13.3. The Morgan fingerprint density at radius 1 is 1.00 bits per heavy atom. The van der Waals surface area contributed by atoms with Crippen LogP contribution in [-0.4, -0.2) is 40.4 Å². The largest absolute Gasteiger partial charge is 0.353 e. The summed E-state index contributed by atoms with van der Waals surface area (Å²) >= 11 is 0. The van der Waals surface area contributed by atoms with Gasteiger partial charge in [-0.25, -0.2) is 0 Å². The Labute approximate surface area is 164 Å². The van der Waals surface area contributed by atoms with E-state index in [0.717, 1.165) is 16.8 Å². The first-order valence-electron chi connectivity index (χ1n) is 9.49. The molecule has 28 heavy (non-hydrogen) atoms. The first-order chi connectivity index (χ1) is 13.6. The Hall–Kier alpha value is -3.34. The molecule has 1 aliphatic rings. The average Bonchev–Trinajstić information content (AvgIpc) is 3.12. The summed E-state index contributed by atoms with van der Waals surface area (Å²) in [6.45, 7) is 0.986. The van der Waals surface area contributed by atoms with Gasteiger partial charge in [-0.15, -0.1) is 0 Å². The van der Waals surface area contributed by atoms with Crippen LogP contribution in [0.3, 0.4) is 0 Å². The van der Waals surface area contributed by atoms with Crippen molar-refractivity contribution in [1.29, 1.82) is 0 Å². The Morgan fingerprint density at radius 2 is 1.68 bits per heavy atom. The number of nitrogens with one attached hydrogen (secondary N) is 1. The second kappa shape index (κ2) is 7.72. The van der Waals surface area contributed by atoms with Crippen LogP contribution < -0.4 is 5.32 Å². The molecule has 142 valence electrons. The monoisotopic (exact) mass is 373 g/mol. The topological polar surface area (TPSA) is 54.3 Å². The van der Waals surface area contributed by atoms with Gasteiger partial charge in [-0.1, -0.05) is 60.7 Å². The molecular formula is C23H23N3O2. The van der Waals surface area contributed by atoms with Gasteiger partial charge in [0.2, 0.25) is 5.91 Å². The van der Waals surface area contributed by atoms with E-state index in [-0.39, 0.29) is 11.8 Å². The van der Waals surface area contributed by atoms with E-state index < -0.39 is 6.04 Å². The van der Waals surface area contributed by atoms with Crippen molar-refractivity contribution in [1.82, 2.24) is 14.8 Å². The Morgan fingerprint density at radius 3 is 2.39 bits per heavy atom. The Bertz CT molecular complexity index is 980. The number of aromatic nitrogens is 1. The highest BCUT2D eigenvalue weighted by Crippen LogP contribution is 2.23. The molecule has 5 heteroatoms. The Balaban J connectivity index is 1.62. The number of hydrogen-bond acceptors (Lipinski definition) is 2. The normalized spacial score (nSPS) is 16.7. The fourth-order valence-corrected chi connectivity index (χ4v) is 3.77. The predicted molar refractivity (Wildman–Crippen MR) is 109 cm³/mol. The fourth-order valence-electron chi connectivity index (χ4n) is 3.77. The quantitative estimate of drug-likeness (QED) is 0.765. The van der Waals surface area contributed by atoms with Crippen molar-refractivity contribution in [2.75, 3.05) is 13.1 Å². The number of amides is 2. The molecule has 0 unspecified atom stereocenters. The van der Waals surface area contributed by atoms with Crippen molar-refractivity contribution in [3.8, 4) is 11.3 Å². The minimum absolute atomic E-state index is 0.0963. The third-order valence-corrected chi connectivity index (χ3v) is 5.27. The van der Waals surface area contributed by atoms with Crippen LogP contribution in [0, 0.1) is 0 Å². The number of piperazine rings is 1. The van der Waals surface area contributed by atoms with Gasteiger partial charge in [-0.05, 0) is 23.3 Å². The van der Waals surface area contributed by atoms with Gasteiger partial charge in [0.05, 0.1) is 0 Å². The van der Waals surface area contributed by atoms with E-state index in [0.29, 0.717) is 25.2 Å². The summed E-state index contributed by atoms with van der Waals surface area (Å²) in [6.07, 6.45) is 0.508. The lowest BCUT2D eigenvalue weighted by Crippen LogP contribution is -2.58. The van der Waals surface area contributed by atoms with Crippen LogP contribution in [0.25, 0.3) is 11.3 Å². The maximum Gasteiger partial charge on any atom is 0.271 e. The summed E-state index contributed by atoms with van der Waals surface area (Å²) in [7, 11) is 1.89. The molecule has 1 fully saturated rings. The van der Waals surface area contributed by atoms with Crippen molar-refractivity contribution in [3.63, 3.8) is 0 Å². The van der Waals surface area contributed by atoms with Crippen molar-refractivity contribution in [3.05, 3.63) is 84.1 Å². The van der Waals surface area contributed by atoms with Crippen molar-refractivity contribution in [2.45, 2.75) is 12.5 Å². The molecule has 1 saturated heterocycles. The lowest BCUT2D eigenvalue weighted by atomic mass is 10.0. The van der Waals surface area contributed by atoms with Crippen LogP contribution in [0.4, 0.5) is 0 Å². The molecule has 2 heterocycles. The van der Waals surface area contributed by atoms with Gasteiger partial charge in [0, 0.05) is 32.3 Å².